The molecule has 14 nitrogen and oxygen atoms in total. The van der Waals surface area contributed by atoms with Gasteiger partial charge in [0.1, 0.15) is 6.29 Å². The minimum absolute atomic E-state index is 0.414. The standard InChI is InChI=1S/C27H55NO13/c28-2-5-31-7-9-33-11-13-35-15-17-37-19-21-39-23-25-41-27-26-40-24-22-38-20-18-36-16-14-34-12-10-32-8-6-30-4-1-3-29/h3H,1-2,4-28H2. The van der Waals surface area contributed by atoms with E-state index in [1.54, 1.807) is 0 Å². The fourth-order valence-electron chi connectivity index (χ4n) is 2.74. The van der Waals surface area contributed by atoms with Gasteiger partial charge in [-0.05, 0) is 0 Å². The largest absolute Gasteiger partial charge is 0.379 e. The normalized spacial score (nSPS) is 11.4. The highest BCUT2D eigenvalue weighted by molar-refractivity contribution is 5.49. The van der Waals surface area contributed by atoms with Crippen LogP contribution in [0.5, 0.6) is 0 Å². The van der Waals surface area contributed by atoms with Crippen LogP contribution in [0, 0.1) is 0 Å². The lowest BCUT2D eigenvalue weighted by Gasteiger charge is -2.09. The molecule has 0 spiro atoms. The van der Waals surface area contributed by atoms with Gasteiger partial charge in [-0.2, -0.15) is 0 Å². The van der Waals surface area contributed by atoms with Crippen molar-refractivity contribution in [1.82, 2.24) is 0 Å². The van der Waals surface area contributed by atoms with Crippen LogP contribution in [-0.4, -0.2) is 171 Å². The van der Waals surface area contributed by atoms with Gasteiger partial charge >= 0.3 is 0 Å². The molecule has 0 rings (SSSR count). The van der Waals surface area contributed by atoms with Crippen molar-refractivity contribution in [1.29, 1.82) is 0 Å². The molecule has 2 N–H and O–H groups in total. The summed E-state index contributed by atoms with van der Waals surface area (Å²) >= 11 is 0. The predicted octanol–water partition coefficient (Wildman–Crippen LogP) is -0.267. The van der Waals surface area contributed by atoms with Gasteiger partial charge in [-0.3, -0.25) is 0 Å². The molecular formula is C27H55NO13. The summed E-state index contributed by atoms with van der Waals surface area (Å²) in [6, 6.07) is 0. The topological polar surface area (TPSA) is 154 Å². The van der Waals surface area contributed by atoms with E-state index >= 15 is 0 Å². The maximum absolute atomic E-state index is 10.1. The zero-order chi connectivity index (χ0) is 29.6. The van der Waals surface area contributed by atoms with Crippen molar-refractivity contribution in [2.75, 3.05) is 165 Å². The highest BCUT2D eigenvalue weighted by atomic mass is 16.6. The van der Waals surface area contributed by atoms with Crippen molar-refractivity contribution < 1.29 is 61.6 Å². The third kappa shape index (κ3) is 39.1. The Balaban J connectivity index is 3.02. The number of carbonyl (C=O) groups excluding carboxylic acids is 1. The first kappa shape index (κ1) is 40.1. The molecule has 0 saturated carbocycles. The lowest BCUT2D eigenvalue weighted by molar-refractivity contribution is -0.108. The maximum atomic E-state index is 10.1. The molecule has 246 valence electrons. The van der Waals surface area contributed by atoms with Gasteiger partial charge < -0.3 is 67.4 Å². The van der Waals surface area contributed by atoms with E-state index in [9.17, 15) is 4.79 Å². The van der Waals surface area contributed by atoms with Crippen LogP contribution >= 0.6 is 0 Å². The van der Waals surface area contributed by atoms with Crippen molar-refractivity contribution in [3.05, 3.63) is 0 Å². The van der Waals surface area contributed by atoms with Crippen molar-refractivity contribution in [2.45, 2.75) is 6.42 Å². The van der Waals surface area contributed by atoms with Gasteiger partial charge in [0.05, 0.1) is 159 Å². The van der Waals surface area contributed by atoms with Crippen LogP contribution in [0.4, 0.5) is 0 Å². The quantitative estimate of drug-likeness (QED) is 0.0729. The van der Waals surface area contributed by atoms with Gasteiger partial charge in [-0.25, -0.2) is 0 Å². The van der Waals surface area contributed by atoms with Crippen LogP contribution in [0.15, 0.2) is 0 Å². The zero-order valence-electron chi connectivity index (χ0n) is 24.8. The third-order valence-corrected chi connectivity index (χ3v) is 4.73. The molecule has 0 bridgehead atoms. The van der Waals surface area contributed by atoms with Gasteiger partial charge in [0.25, 0.3) is 0 Å². The van der Waals surface area contributed by atoms with Gasteiger partial charge in [-0.1, -0.05) is 0 Å². The Labute approximate surface area is 245 Å². The number of hydrogen-bond donors (Lipinski definition) is 1. The lowest BCUT2D eigenvalue weighted by atomic mass is 10.5. The Morgan fingerprint density at radius 2 is 0.463 bits per heavy atom. The number of aldehydes is 1. The Morgan fingerprint density at radius 3 is 0.634 bits per heavy atom. The van der Waals surface area contributed by atoms with E-state index in [-0.39, 0.29) is 0 Å². The Morgan fingerprint density at radius 1 is 0.293 bits per heavy atom. The zero-order valence-corrected chi connectivity index (χ0v) is 24.8. The SMILES string of the molecule is NCCOCCOCCOCCOCCOCCOCCOCCOCCOCCOCCOCCOCCC=O. The number of hydrogen-bond acceptors (Lipinski definition) is 14. The van der Waals surface area contributed by atoms with Gasteiger partial charge in [0, 0.05) is 13.0 Å². The van der Waals surface area contributed by atoms with Crippen molar-refractivity contribution >= 4 is 6.29 Å². The second kappa shape index (κ2) is 39.1. The molecule has 41 heavy (non-hydrogen) atoms. The van der Waals surface area contributed by atoms with E-state index in [4.69, 9.17) is 62.6 Å². The smallest absolute Gasteiger partial charge is 0.122 e. The highest BCUT2D eigenvalue weighted by Gasteiger charge is 1.96. The number of nitrogens with two attached hydrogens (primary N) is 1. The molecule has 0 aromatic rings. The Hall–Kier alpha value is -0.850. The molecule has 0 aliphatic carbocycles. The fraction of sp³-hybridized carbons (Fsp3) is 0.963. The second-order valence-corrected chi connectivity index (χ2v) is 8.09. The first-order valence-corrected chi connectivity index (χ1v) is 14.5. The molecule has 0 aliphatic heterocycles. The Kier molecular flexibility index (Phi) is 38.3. The molecule has 0 aromatic carbocycles. The summed E-state index contributed by atoms with van der Waals surface area (Å²) < 4.78 is 64.6. The minimum Gasteiger partial charge on any atom is -0.379 e. The van der Waals surface area contributed by atoms with E-state index in [0.717, 1.165) is 6.29 Å². The van der Waals surface area contributed by atoms with E-state index in [1.165, 1.54) is 0 Å². The average Bonchev–Trinajstić information content (AvgIpc) is 2.98. The summed E-state index contributed by atoms with van der Waals surface area (Å²) in [7, 11) is 0. The van der Waals surface area contributed by atoms with Crippen molar-refractivity contribution in [2.24, 2.45) is 5.73 Å². The highest BCUT2D eigenvalue weighted by Crippen LogP contribution is 1.87. The van der Waals surface area contributed by atoms with Crippen LogP contribution in [0.25, 0.3) is 0 Å². The van der Waals surface area contributed by atoms with Gasteiger partial charge in [0.2, 0.25) is 0 Å². The van der Waals surface area contributed by atoms with Gasteiger partial charge in [0.15, 0.2) is 0 Å². The maximum Gasteiger partial charge on any atom is 0.122 e. The molecule has 0 aromatic heterocycles. The molecule has 0 fully saturated rings. The summed E-state index contributed by atoms with van der Waals surface area (Å²) in [5.74, 6) is 0. The monoisotopic (exact) mass is 601 g/mol. The summed E-state index contributed by atoms with van der Waals surface area (Å²) in [5.41, 5.74) is 5.32. The van der Waals surface area contributed by atoms with Gasteiger partial charge in [-0.15, -0.1) is 0 Å². The second-order valence-electron chi connectivity index (χ2n) is 8.09. The van der Waals surface area contributed by atoms with Crippen LogP contribution in [-0.2, 0) is 61.6 Å². The van der Waals surface area contributed by atoms with E-state index in [1.807, 2.05) is 0 Å². The Bertz CT molecular complexity index is 480. The predicted molar refractivity (Wildman–Crippen MR) is 150 cm³/mol. The average molecular weight is 602 g/mol. The third-order valence-electron chi connectivity index (χ3n) is 4.73. The first-order chi connectivity index (χ1) is 20.4. The molecule has 0 radical (unpaired) electrons. The van der Waals surface area contributed by atoms with Crippen LogP contribution in [0.3, 0.4) is 0 Å². The first-order valence-electron chi connectivity index (χ1n) is 14.5. The molecule has 0 heterocycles. The van der Waals surface area contributed by atoms with Crippen molar-refractivity contribution in [3.63, 3.8) is 0 Å². The molecule has 0 saturated heterocycles. The fourth-order valence-corrected chi connectivity index (χ4v) is 2.74. The number of ether oxygens (including phenoxy) is 12. The minimum atomic E-state index is 0.414. The molecule has 14 heteroatoms. The summed E-state index contributed by atoms with van der Waals surface area (Å²) in [5, 5.41) is 0. The van der Waals surface area contributed by atoms with E-state index in [0.29, 0.717) is 172 Å². The summed E-state index contributed by atoms with van der Waals surface area (Å²) in [6.45, 7) is 12.7. The van der Waals surface area contributed by atoms with Crippen LogP contribution in [0.1, 0.15) is 6.42 Å². The number of carbonyl (C=O) groups is 1. The molecule has 0 aliphatic rings. The summed E-state index contributed by atoms with van der Waals surface area (Å²) in [4.78, 5) is 10.1. The lowest BCUT2D eigenvalue weighted by Crippen LogP contribution is -2.15. The number of rotatable bonds is 38. The molecule has 0 amide bonds. The van der Waals surface area contributed by atoms with Crippen LogP contribution in [0.2, 0.25) is 0 Å². The van der Waals surface area contributed by atoms with E-state index in [2.05, 4.69) is 0 Å². The molecule has 0 atom stereocenters. The van der Waals surface area contributed by atoms with E-state index < -0.39 is 0 Å². The summed E-state index contributed by atoms with van der Waals surface area (Å²) in [6.07, 6.45) is 1.25. The molecular weight excluding hydrogens is 546 g/mol. The van der Waals surface area contributed by atoms with Crippen molar-refractivity contribution in [3.8, 4) is 0 Å². The van der Waals surface area contributed by atoms with Crippen LogP contribution < -0.4 is 5.73 Å². The molecule has 0 unspecified atom stereocenters.